The molecular weight excluding hydrogens is 150 g/mol. The van der Waals surface area contributed by atoms with Gasteiger partial charge in [0.25, 0.3) is 0 Å². The summed E-state index contributed by atoms with van der Waals surface area (Å²) in [5, 5.41) is 0. The van der Waals surface area contributed by atoms with Crippen LogP contribution in [0.4, 0.5) is 0 Å². The van der Waals surface area contributed by atoms with Gasteiger partial charge in [-0.05, 0) is 43.4 Å². The van der Waals surface area contributed by atoms with Crippen molar-refractivity contribution in [2.24, 2.45) is 17.2 Å². The first kappa shape index (κ1) is 10.0. The summed E-state index contributed by atoms with van der Waals surface area (Å²) in [7, 11) is 0. The lowest BCUT2D eigenvalue weighted by atomic mass is 9.72. The monoisotopic (exact) mass is 171 g/mol. The zero-order valence-electron chi connectivity index (χ0n) is 8.31. The molecule has 0 spiro atoms. The molecule has 1 rings (SSSR count). The molecule has 1 fully saturated rings. The molecule has 0 amide bonds. The molecule has 12 heavy (non-hydrogen) atoms. The predicted octanol–water partition coefficient (Wildman–Crippen LogP) is 2.48. The van der Waals surface area contributed by atoms with E-state index in [1.54, 1.807) is 0 Å². The van der Waals surface area contributed by atoms with Crippen molar-refractivity contribution in [3.05, 3.63) is 0 Å². The molecule has 72 valence electrons. The molecule has 1 aliphatic rings. The van der Waals surface area contributed by atoms with Crippen LogP contribution in [0.15, 0.2) is 0 Å². The van der Waals surface area contributed by atoms with Gasteiger partial charge in [0.15, 0.2) is 0 Å². The van der Waals surface area contributed by atoms with E-state index < -0.39 is 0 Å². The summed E-state index contributed by atoms with van der Waals surface area (Å²) >= 11 is 0. The Morgan fingerprint density at radius 1 is 1.33 bits per heavy atom. The molecule has 2 N–H and O–H groups in total. The van der Waals surface area contributed by atoms with Crippen LogP contribution in [0.25, 0.3) is 0 Å². The second-order valence-corrected chi connectivity index (χ2v) is 4.77. The van der Waals surface area contributed by atoms with Gasteiger partial charge in [0.1, 0.15) is 0 Å². The smallest absolute Gasteiger partial charge is 0.0681 e. The van der Waals surface area contributed by atoms with Crippen molar-refractivity contribution < 1.29 is 4.84 Å². The predicted molar refractivity (Wildman–Crippen MR) is 50.5 cm³/mol. The van der Waals surface area contributed by atoms with E-state index in [1.807, 2.05) is 0 Å². The maximum Gasteiger partial charge on any atom is 0.0681 e. The summed E-state index contributed by atoms with van der Waals surface area (Å²) in [5.41, 5.74) is 0.583. The molecule has 1 saturated carbocycles. The Balaban J connectivity index is 2.18. The van der Waals surface area contributed by atoms with Crippen molar-refractivity contribution in [1.82, 2.24) is 0 Å². The van der Waals surface area contributed by atoms with Crippen molar-refractivity contribution >= 4 is 0 Å². The lowest BCUT2D eigenvalue weighted by molar-refractivity contribution is 0.102. The molecule has 0 heterocycles. The Labute approximate surface area is 75.4 Å². The number of hydrogen-bond donors (Lipinski definition) is 1. The van der Waals surface area contributed by atoms with Crippen LogP contribution in [0.5, 0.6) is 0 Å². The maximum absolute atomic E-state index is 5.00. The zero-order valence-corrected chi connectivity index (χ0v) is 8.31. The molecule has 0 radical (unpaired) electrons. The summed E-state index contributed by atoms with van der Waals surface area (Å²) in [5.74, 6) is 5.86. The van der Waals surface area contributed by atoms with Crippen molar-refractivity contribution in [3.8, 4) is 0 Å². The standard InChI is InChI=1S/C10H21NO/c1-10(2)6-3-9(4-7-10)5-8-12-11/h9H,3-8,11H2,1-2H3. The fourth-order valence-corrected chi connectivity index (χ4v) is 1.98. The molecule has 0 aliphatic heterocycles. The molecule has 0 saturated heterocycles. The molecule has 0 unspecified atom stereocenters. The summed E-state index contributed by atoms with van der Waals surface area (Å²) < 4.78 is 0. The van der Waals surface area contributed by atoms with Crippen LogP contribution in [0.2, 0.25) is 0 Å². The fraction of sp³-hybridized carbons (Fsp3) is 1.00. The SMILES string of the molecule is CC1(C)CCC(CCON)CC1. The first-order chi connectivity index (χ1) is 5.64. The molecule has 1 aliphatic carbocycles. The van der Waals surface area contributed by atoms with Crippen molar-refractivity contribution in [2.45, 2.75) is 46.0 Å². The lowest BCUT2D eigenvalue weighted by Gasteiger charge is -2.34. The van der Waals surface area contributed by atoms with E-state index in [4.69, 9.17) is 5.90 Å². The van der Waals surface area contributed by atoms with Crippen molar-refractivity contribution in [3.63, 3.8) is 0 Å². The van der Waals surface area contributed by atoms with Gasteiger partial charge in [-0.25, -0.2) is 5.90 Å². The van der Waals surface area contributed by atoms with Gasteiger partial charge in [0.2, 0.25) is 0 Å². The molecule has 2 nitrogen and oxygen atoms in total. The number of rotatable bonds is 3. The maximum atomic E-state index is 5.00. The average molecular weight is 171 g/mol. The van der Waals surface area contributed by atoms with Gasteiger partial charge in [0, 0.05) is 0 Å². The average Bonchev–Trinajstić information content (AvgIpc) is 2.03. The molecule has 0 atom stereocenters. The Morgan fingerprint density at radius 2 is 1.92 bits per heavy atom. The van der Waals surface area contributed by atoms with Gasteiger partial charge in [-0.1, -0.05) is 13.8 Å². The highest BCUT2D eigenvalue weighted by molar-refractivity contribution is 4.78. The second kappa shape index (κ2) is 4.24. The van der Waals surface area contributed by atoms with Crippen LogP contribution < -0.4 is 5.90 Å². The molecule has 0 aromatic heterocycles. The minimum atomic E-state index is 0.583. The molecule has 2 heteroatoms. The Morgan fingerprint density at radius 3 is 2.42 bits per heavy atom. The van der Waals surface area contributed by atoms with Gasteiger partial charge >= 0.3 is 0 Å². The normalized spacial score (nSPS) is 24.2. The van der Waals surface area contributed by atoms with Crippen LogP contribution in [0.1, 0.15) is 46.0 Å². The van der Waals surface area contributed by atoms with Gasteiger partial charge in [-0.15, -0.1) is 0 Å². The van der Waals surface area contributed by atoms with Gasteiger partial charge in [-0.3, -0.25) is 0 Å². The van der Waals surface area contributed by atoms with Crippen LogP contribution >= 0.6 is 0 Å². The van der Waals surface area contributed by atoms with Crippen LogP contribution in [0.3, 0.4) is 0 Å². The third-order valence-electron chi connectivity index (χ3n) is 3.10. The third-order valence-corrected chi connectivity index (χ3v) is 3.10. The van der Waals surface area contributed by atoms with Gasteiger partial charge in [0.05, 0.1) is 6.61 Å². The highest BCUT2D eigenvalue weighted by Gasteiger charge is 2.26. The largest absolute Gasteiger partial charge is 0.305 e. The Bertz CT molecular complexity index is 124. The van der Waals surface area contributed by atoms with E-state index in [-0.39, 0.29) is 0 Å². The van der Waals surface area contributed by atoms with E-state index in [2.05, 4.69) is 18.7 Å². The van der Waals surface area contributed by atoms with E-state index in [0.29, 0.717) is 5.41 Å². The topological polar surface area (TPSA) is 35.2 Å². The minimum absolute atomic E-state index is 0.583. The first-order valence-corrected chi connectivity index (χ1v) is 4.96. The quantitative estimate of drug-likeness (QED) is 0.662. The minimum Gasteiger partial charge on any atom is -0.305 e. The number of nitrogens with two attached hydrogens (primary N) is 1. The van der Waals surface area contributed by atoms with E-state index in [1.165, 1.54) is 25.7 Å². The van der Waals surface area contributed by atoms with Crippen LogP contribution in [0, 0.1) is 11.3 Å². The van der Waals surface area contributed by atoms with Crippen LogP contribution in [-0.4, -0.2) is 6.61 Å². The summed E-state index contributed by atoms with van der Waals surface area (Å²) in [6, 6.07) is 0. The fourth-order valence-electron chi connectivity index (χ4n) is 1.98. The molecule has 0 aromatic carbocycles. The van der Waals surface area contributed by atoms with Gasteiger partial charge < -0.3 is 4.84 Å². The third kappa shape index (κ3) is 3.11. The lowest BCUT2D eigenvalue weighted by Crippen LogP contribution is -2.22. The summed E-state index contributed by atoms with van der Waals surface area (Å²) in [6.45, 7) is 5.45. The zero-order chi connectivity index (χ0) is 9.03. The highest BCUT2D eigenvalue weighted by Crippen LogP contribution is 2.38. The first-order valence-electron chi connectivity index (χ1n) is 4.96. The van der Waals surface area contributed by atoms with E-state index >= 15 is 0 Å². The van der Waals surface area contributed by atoms with Crippen molar-refractivity contribution in [2.75, 3.05) is 6.61 Å². The van der Waals surface area contributed by atoms with Gasteiger partial charge in [-0.2, -0.15) is 0 Å². The molecule has 0 aromatic rings. The number of hydrogen-bond acceptors (Lipinski definition) is 2. The molecular formula is C10H21NO. The second-order valence-electron chi connectivity index (χ2n) is 4.77. The summed E-state index contributed by atoms with van der Waals surface area (Å²) in [6.07, 6.45) is 6.59. The van der Waals surface area contributed by atoms with Crippen molar-refractivity contribution in [1.29, 1.82) is 0 Å². The van der Waals surface area contributed by atoms with Crippen LogP contribution in [-0.2, 0) is 4.84 Å². The Hall–Kier alpha value is -0.0800. The van der Waals surface area contributed by atoms with E-state index in [0.717, 1.165) is 18.9 Å². The van der Waals surface area contributed by atoms with E-state index in [9.17, 15) is 0 Å². The Kier molecular flexibility index (Phi) is 3.53. The highest BCUT2D eigenvalue weighted by atomic mass is 16.6. The molecule has 0 bridgehead atoms. The summed E-state index contributed by atoms with van der Waals surface area (Å²) in [4.78, 5) is 4.60.